The number of H-pyrrole nitrogens is 1. The lowest BCUT2D eigenvalue weighted by Crippen LogP contribution is -2.19. The molecule has 1 saturated heterocycles. The molecule has 4 rings (SSSR count). The predicted octanol–water partition coefficient (Wildman–Crippen LogP) is 2.41. The highest BCUT2D eigenvalue weighted by Crippen LogP contribution is 2.38. The van der Waals surface area contributed by atoms with Crippen molar-refractivity contribution in [3.05, 3.63) is 35.2 Å². The van der Waals surface area contributed by atoms with Gasteiger partial charge in [0, 0.05) is 24.6 Å². The lowest BCUT2D eigenvalue weighted by Gasteiger charge is -2.19. The van der Waals surface area contributed by atoms with E-state index < -0.39 is 0 Å². The van der Waals surface area contributed by atoms with Gasteiger partial charge in [-0.3, -0.25) is 15.2 Å². The van der Waals surface area contributed by atoms with Gasteiger partial charge in [-0.05, 0) is 43.9 Å². The molecular formula is C17H18N6O. The molecule has 2 N–H and O–H groups in total. The van der Waals surface area contributed by atoms with E-state index in [2.05, 4.69) is 31.5 Å². The minimum atomic E-state index is -0.305. The summed E-state index contributed by atoms with van der Waals surface area (Å²) in [6, 6.07) is 7.44. The zero-order chi connectivity index (χ0) is 16.5. The molecule has 122 valence electrons. The van der Waals surface area contributed by atoms with Gasteiger partial charge in [0.1, 0.15) is 11.9 Å². The van der Waals surface area contributed by atoms with E-state index in [4.69, 9.17) is 0 Å². The zero-order valence-corrected chi connectivity index (χ0v) is 13.2. The summed E-state index contributed by atoms with van der Waals surface area (Å²) in [5, 5.41) is 19.0. The molecule has 0 atom stereocenters. The number of rotatable bonds is 4. The fourth-order valence-corrected chi connectivity index (χ4v) is 3.04. The van der Waals surface area contributed by atoms with E-state index in [1.807, 2.05) is 6.07 Å². The Hall–Kier alpha value is -2.88. The second-order valence-corrected chi connectivity index (χ2v) is 6.31. The van der Waals surface area contributed by atoms with Crippen molar-refractivity contribution in [2.75, 3.05) is 23.3 Å². The van der Waals surface area contributed by atoms with Crippen LogP contribution in [0.15, 0.2) is 18.2 Å². The van der Waals surface area contributed by atoms with Crippen molar-refractivity contribution in [3.63, 3.8) is 0 Å². The third kappa shape index (κ3) is 2.83. The van der Waals surface area contributed by atoms with Gasteiger partial charge in [0.25, 0.3) is 5.91 Å². The van der Waals surface area contributed by atoms with E-state index in [1.165, 1.54) is 0 Å². The number of anilines is 2. The number of aromatic nitrogens is 3. The Morgan fingerprint density at radius 1 is 1.33 bits per heavy atom. The lowest BCUT2D eigenvalue weighted by atomic mass is 10.1. The first-order chi connectivity index (χ1) is 11.7. The Bertz CT molecular complexity index is 811. The van der Waals surface area contributed by atoms with Crippen LogP contribution in [0.25, 0.3) is 0 Å². The molecule has 0 radical (unpaired) electrons. The van der Waals surface area contributed by atoms with Gasteiger partial charge in [-0.15, -0.1) is 5.10 Å². The van der Waals surface area contributed by atoms with Crippen LogP contribution in [0.3, 0.4) is 0 Å². The molecule has 1 aliphatic carbocycles. The number of amides is 1. The van der Waals surface area contributed by atoms with E-state index in [0.29, 0.717) is 17.0 Å². The van der Waals surface area contributed by atoms with Crippen LogP contribution in [-0.4, -0.2) is 34.2 Å². The third-order valence-electron chi connectivity index (χ3n) is 4.52. The molecule has 1 aromatic carbocycles. The SMILES string of the molecule is N#Cc1cc(C(=O)Nc2n[nH]c(C3CC3)n2)ccc1N1CCCC1. The van der Waals surface area contributed by atoms with Crippen LogP contribution in [0.5, 0.6) is 0 Å². The average Bonchev–Trinajstić information content (AvgIpc) is 3.11. The van der Waals surface area contributed by atoms with Crippen LogP contribution in [0.1, 0.15) is 53.3 Å². The standard InChI is InChI=1S/C17H18N6O/c18-10-13-9-12(5-6-14(13)23-7-1-2-8-23)16(24)20-17-19-15(21-22-17)11-3-4-11/h5-6,9,11H,1-4,7-8H2,(H2,19,20,21,22,24). The first kappa shape index (κ1) is 14.7. The van der Waals surface area contributed by atoms with Crippen LogP contribution in [0.4, 0.5) is 11.6 Å². The van der Waals surface area contributed by atoms with Crippen LogP contribution < -0.4 is 10.2 Å². The Balaban J connectivity index is 1.52. The van der Waals surface area contributed by atoms with E-state index in [0.717, 1.165) is 50.3 Å². The van der Waals surface area contributed by atoms with Gasteiger partial charge in [0.05, 0.1) is 11.3 Å². The molecular weight excluding hydrogens is 304 g/mol. The van der Waals surface area contributed by atoms with Crippen molar-refractivity contribution in [1.29, 1.82) is 5.26 Å². The van der Waals surface area contributed by atoms with E-state index in [9.17, 15) is 10.1 Å². The van der Waals surface area contributed by atoms with Crippen LogP contribution in [0, 0.1) is 11.3 Å². The molecule has 7 heteroatoms. The topological polar surface area (TPSA) is 97.7 Å². The Kier molecular flexibility index (Phi) is 3.65. The number of benzene rings is 1. The molecule has 2 fully saturated rings. The maximum atomic E-state index is 12.4. The van der Waals surface area contributed by atoms with Gasteiger partial charge in [-0.25, -0.2) is 0 Å². The maximum absolute atomic E-state index is 12.4. The minimum absolute atomic E-state index is 0.282. The van der Waals surface area contributed by atoms with Crippen molar-refractivity contribution in [1.82, 2.24) is 15.2 Å². The fourth-order valence-electron chi connectivity index (χ4n) is 3.04. The van der Waals surface area contributed by atoms with Gasteiger partial charge in [0.2, 0.25) is 5.95 Å². The lowest BCUT2D eigenvalue weighted by molar-refractivity contribution is 0.102. The highest BCUT2D eigenvalue weighted by atomic mass is 16.1. The molecule has 0 bridgehead atoms. The number of nitrogens with one attached hydrogen (secondary N) is 2. The summed E-state index contributed by atoms with van der Waals surface area (Å²) in [4.78, 5) is 18.9. The van der Waals surface area contributed by atoms with E-state index >= 15 is 0 Å². The molecule has 2 aliphatic rings. The monoisotopic (exact) mass is 322 g/mol. The number of nitriles is 1. The molecule has 0 unspecified atom stereocenters. The summed E-state index contributed by atoms with van der Waals surface area (Å²) < 4.78 is 0. The van der Waals surface area contributed by atoms with Gasteiger partial charge in [0.15, 0.2) is 0 Å². The second-order valence-electron chi connectivity index (χ2n) is 6.31. The highest BCUT2D eigenvalue weighted by molar-refractivity contribution is 6.03. The third-order valence-corrected chi connectivity index (χ3v) is 4.52. The second kappa shape index (κ2) is 5.96. The smallest absolute Gasteiger partial charge is 0.258 e. The normalized spacial score (nSPS) is 16.9. The van der Waals surface area contributed by atoms with Crippen molar-refractivity contribution in [2.45, 2.75) is 31.6 Å². The van der Waals surface area contributed by atoms with E-state index in [-0.39, 0.29) is 11.9 Å². The molecule has 1 aliphatic heterocycles. The Morgan fingerprint density at radius 2 is 2.12 bits per heavy atom. The first-order valence-electron chi connectivity index (χ1n) is 8.27. The van der Waals surface area contributed by atoms with Gasteiger partial charge in [-0.2, -0.15) is 10.2 Å². The average molecular weight is 322 g/mol. The minimum Gasteiger partial charge on any atom is -0.370 e. The van der Waals surface area contributed by atoms with E-state index in [1.54, 1.807) is 12.1 Å². The van der Waals surface area contributed by atoms with Gasteiger partial charge >= 0.3 is 0 Å². The predicted molar refractivity (Wildman–Crippen MR) is 88.9 cm³/mol. The summed E-state index contributed by atoms with van der Waals surface area (Å²) in [6.07, 6.45) is 4.51. The van der Waals surface area contributed by atoms with Gasteiger partial charge < -0.3 is 4.90 Å². The van der Waals surface area contributed by atoms with Crippen LogP contribution >= 0.6 is 0 Å². The number of hydrogen-bond acceptors (Lipinski definition) is 5. The van der Waals surface area contributed by atoms with Crippen molar-refractivity contribution in [2.24, 2.45) is 0 Å². The van der Waals surface area contributed by atoms with Crippen LogP contribution in [-0.2, 0) is 0 Å². The molecule has 1 aromatic heterocycles. The molecule has 1 amide bonds. The Morgan fingerprint density at radius 3 is 2.83 bits per heavy atom. The summed E-state index contributed by atoms with van der Waals surface area (Å²) in [5.74, 6) is 1.25. The molecule has 1 saturated carbocycles. The molecule has 7 nitrogen and oxygen atoms in total. The van der Waals surface area contributed by atoms with Gasteiger partial charge in [-0.1, -0.05) is 0 Å². The molecule has 2 aromatic rings. The summed E-state index contributed by atoms with van der Waals surface area (Å²) in [7, 11) is 0. The fraction of sp³-hybridized carbons (Fsp3) is 0.412. The Labute approximate surface area is 139 Å². The number of carbonyl (C=O) groups is 1. The van der Waals surface area contributed by atoms with Crippen LogP contribution in [0.2, 0.25) is 0 Å². The quantitative estimate of drug-likeness (QED) is 0.901. The van der Waals surface area contributed by atoms with Crippen molar-refractivity contribution in [3.8, 4) is 6.07 Å². The van der Waals surface area contributed by atoms with Crippen molar-refractivity contribution >= 4 is 17.5 Å². The zero-order valence-electron chi connectivity index (χ0n) is 13.2. The van der Waals surface area contributed by atoms with Crippen molar-refractivity contribution < 1.29 is 4.79 Å². The summed E-state index contributed by atoms with van der Waals surface area (Å²) >= 11 is 0. The summed E-state index contributed by atoms with van der Waals surface area (Å²) in [5.41, 5.74) is 1.87. The molecule has 0 spiro atoms. The number of carbonyl (C=O) groups excluding carboxylic acids is 1. The maximum Gasteiger partial charge on any atom is 0.258 e. The first-order valence-corrected chi connectivity index (χ1v) is 8.27. The summed E-state index contributed by atoms with van der Waals surface area (Å²) in [6.45, 7) is 1.92. The molecule has 2 heterocycles. The highest BCUT2D eigenvalue weighted by Gasteiger charge is 2.27. The number of aromatic amines is 1. The molecule has 24 heavy (non-hydrogen) atoms. The number of hydrogen-bond donors (Lipinski definition) is 2. The largest absolute Gasteiger partial charge is 0.370 e. The number of nitrogens with zero attached hydrogens (tertiary/aromatic N) is 4.